The number of nitrogens with one attached hydrogen (secondary N) is 2. The molecule has 0 aliphatic rings. The SMILES string of the molecule is CC(C)(C)NC(=O)CNCc1ccc(C(=O)O)cn1. The van der Waals surface area contributed by atoms with E-state index >= 15 is 0 Å². The van der Waals surface area contributed by atoms with Crippen molar-refractivity contribution >= 4 is 11.9 Å². The summed E-state index contributed by atoms with van der Waals surface area (Å²) in [6.45, 7) is 6.35. The number of hydrogen-bond donors (Lipinski definition) is 3. The number of aromatic carboxylic acids is 1. The van der Waals surface area contributed by atoms with Crippen LogP contribution in [-0.2, 0) is 11.3 Å². The smallest absolute Gasteiger partial charge is 0.337 e. The van der Waals surface area contributed by atoms with Crippen LogP contribution < -0.4 is 10.6 Å². The van der Waals surface area contributed by atoms with Gasteiger partial charge in [-0.15, -0.1) is 0 Å². The fourth-order valence-corrected chi connectivity index (χ4v) is 1.42. The standard InChI is InChI=1S/C13H19N3O3/c1-13(2,3)16-11(17)8-14-7-10-5-4-9(6-15-10)12(18)19/h4-6,14H,7-8H2,1-3H3,(H,16,17)(H,18,19). The van der Waals surface area contributed by atoms with Crippen LogP contribution in [0.2, 0.25) is 0 Å². The summed E-state index contributed by atoms with van der Waals surface area (Å²) in [6.07, 6.45) is 1.30. The van der Waals surface area contributed by atoms with Gasteiger partial charge in [-0.1, -0.05) is 0 Å². The van der Waals surface area contributed by atoms with E-state index in [-0.39, 0.29) is 23.6 Å². The number of nitrogens with zero attached hydrogens (tertiary/aromatic N) is 1. The fourth-order valence-electron chi connectivity index (χ4n) is 1.42. The van der Waals surface area contributed by atoms with E-state index < -0.39 is 5.97 Å². The van der Waals surface area contributed by atoms with Crippen LogP contribution in [0.5, 0.6) is 0 Å². The molecule has 6 nitrogen and oxygen atoms in total. The molecular formula is C13H19N3O3. The molecule has 0 fully saturated rings. The molecule has 0 saturated heterocycles. The second kappa shape index (κ2) is 6.29. The third-order valence-electron chi connectivity index (χ3n) is 2.18. The Labute approximate surface area is 112 Å². The van der Waals surface area contributed by atoms with Gasteiger partial charge in [-0.25, -0.2) is 4.79 Å². The van der Waals surface area contributed by atoms with Crippen LogP contribution in [0.15, 0.2) is 18.3 Å². The summed E-state index contributed by atoms with van der Waals surface area (Å²) in [6, 6.07) is 3.11. The van der Waals surface area contributed by atoms with Crippen LogP contribution in [0.25, 0.3) is 0 Å². The van der Waals surface area contributed by atoms with Crippen molar-refractivity contribution in [3.05, 3.63) is 29.6 Å². The van der Waals surface area contributed by atoms with Gasteiger partial charge in [0.25, 0.3) is 0 Å². The number of amides is 1. The van der Waals surface area contributed by atoms with E-state index in [0.717, 1.165) is 0 Å². The second-order valence-electron chi connectivity index (χ2n) is 5.25. The van der Waals surface area contributed by atoms with E-state index in [9.17, 15) is 9.59 Å². The predicted molar refractivity (Wildman–Crippen MR) is 70.8 cm³/mol. The van der Waals surface area contributed by atoms with Crippen LogP contribution in [0, 0.1) is 0 Å². The number of carbonyl (C=O) groups excluding carboxylic acids is 1. The Morgan fingerprint density at radius 2 is 2.00 bits per heavy atom. The maximum absolute atomic E-state index is 11.5. The Morgan fingerprint density at radius 1 is 1.32 bits per heavy atom. The van der Waals surface area contributed by atoms with Crippen molar-refractivity contribution in [1.82, 2.24) is 15.6 Å². The third-order valence-corrected chi connectivity index (χ3v) is 2.18. The minimum absolute atomic E-state index is 0.0883. The van der Waals surface area contributed by atoms with Crippen molar-refractivity contribution in [2.75, 3.05) is 6.54 Å². The number of carboxylic acid groups (broad SMARTS) is 1. The molecule has 1 amide bonds. The molecule has 0 aliphatic carbocycles. The fraction of sp³-hybridized carbons (Fsp3) is 0.462. The maximum Gasteiger partial charge on any atom is 0.337 e. The molecule has 19 heavy (non-hydrogen) atoms. The first-order valence-corrected chi connectivity index (χ1v) is 5.98. The first-order chi connectivity index (χ1) is 8.78. The zero-order valence-electron chi connectivity index (χ0n) is 11.4. The Morgan fingerprint density at radius 3 is 2.47 bits per heavy atom. The number of aromatic nitrogens is 1. The van der Waals surface area contributed by atoms with E-state index in [4.69, 9.17) is 5.11 Å². The molecule has 0 radical (unpaired) electrons. The molecule has 0 aliphatic heterocycles. The molecule has 0 aromatic carbocycles. The summed E-state index contributed by atoms with van der Waals surface area (Å²) in [5, 5.41) is 14.5. The summed E-state index contributed by atoms with van der Waals surface area (Å²) in [7, 11) is 0. The highest BCUT2D eigenvalue weighted by Gasteiger charge is 2.12. The largest absolute Gasteiger partial charge is 0.478 e. The van der Waals surface area contributed by atoms with Gasteiger partial charge in [-0.3, -0.25) is 9.78 Å². The van der Waals surface area contributed by atoms with Gasteiger partial charge in [-0.2, -0.15) is 0 Å². The summed E-state index contributed by atoms with van der Waals surface area (Å²) < 4.78 is 0. The van der Waals surface area contributed by atoms with E-state index in [1.54, 1.807) is 6.07 Å². The van der Waals surface area contributed by atoms with Crippen molar-refractivity contribution in [2.24, 2.45) is 0 Å². The van der Waals surface area contributed by atoms with Crippen molar-refractivity contribution < 1.29 is 14.7 Å². The summed E-state index contributed by atoms with van der Waals surface area (Å²) >= 11 is 0. The number of carbonyl (C=O) groups is 2. The molecule has 1 rings (SSSR count). The van der Waals surface area contributed by atoms with Crippen LogP contribution in [-0.4, -0.2) is 34.1 Å². The van der Waals surface area contributed by atoms with Crippen molar-refractivity contribution in [3.8, 4) is 0 Å². The first kappa shape index (κ1) is 15.1. The summed E-state index contributed by atoms with van der Waals surface area (Å²) in [5.41, 5.74) is 0.586. The van der Waals surface area contributed by atoms with Crippen molar-refractivity contribution in [1.29, 1.82) is 0 Å². The Hall–Kier alpha value is -1.95. The molecule has 6 heteroatoms. The molecule has 0 atom stereocenters. The lowest BCUT2D eigenvalue weighted by Crippen LogP contribution is -2.44. The van der Waals surface area contributed by atoms with Gasteiger partial charge in [0.1, 0.15) is 0 Å². The van der Waals surface area contributed by atoms with Gasteiger partial charge in [-0.05, 0) is 32.9 Å². The zero-order chi connectivity index (χ0) is 14.5. The Bertz CT molecular complexity index is 449. The maximum atomic E-state index is 11.5. The topological polar surface area (TPSA) is 91.3 Å². The zero-order valence-corrected chi connectivity index (χ0v) is 11.4. The lowest BCUT2D eigenvalue weighted by molar-refractivity contribution is -0.121. The minimum atomic E-state index is -1.00. The van der Waals surface area contributed by atoms with Crippen molar-refractivity contribution in [2.45, 2.75) is 32.9 Å². The molecule has 0 spiro atoms. The lowest BCUT2D eigenvalue weighted by atomic mass is 10.1. The minimum Gasteiger partial charge on any atom is -0.478 e. The monoisotopic (exact) mass is 265 g/mol. The Balaban J connectivity index is 2.37. The molecule has 0 bridgehead atoms. The van der Waals surface area contributed by atoms with E-state index in [1.165, 1.54) is 12.3 Å². The molecule has 0 saturated carbocycles. The first-order valence-electron chi connectivity index (χ1n) is 5.98. The summed E-state index contributed by atoms with van der Waals surface area (Å²) in [4.78, 5) is 26.2. The highest BCUT2D eigenvalue weighted by molar-refractivity contribution is 5.87. The van der Waals surface area contributed by atoms with Crippen molar-refractivity contribution in [3.63, 3.8) is 0 Å². The number of rotatable bonds is 5. The molecule has 1 heterocycles. The van der Waals surface area contributed by atoms with Crippen LogP contribution >= 0.6 is 0 Å². The highest BCUT2D eigenvalue weighted by Crippen LogP contribution is 2.00. The third kappa shape index (κ3) is 5.96. The predicted octanol–water partition coefficient (Wildman–Crippen LogP) is 0.784. The van der Waals surface area contributed by atoms with Gasteiger partial charge in [0.15, 0.2) is 0 Å². The normalized spacial score (nSPS) is 11.1. The molecule has 3 N–H and O–H groups in total. The second-order valence-corrected chi connectivity index (χ2v) is 5.25. The quantitative estimate of drug-likeness (QED) is 0.732. The van der Waals surface area contributed by atoms with Crippen LogP contribution in [0.1, 0.15) is 36.8 Å². The molecule has 1 aromatic rings. The summed E-state index contributed by atoms with van der Waals surface area (Å²) in [5.74, 6) is -1.09. The van der Waals surface area contributed by atoms with E-state index in [0.29, 0.717) is 12.2 Å². The lowest BCUT2D eigenvalue weighted by Gasteiger charge is -2.20. The van der Waals surface area contributed by atoms with Gasteiger partial charge in [0.05, 0.1) is 17.8 Å². The average molecular weight is 265 g/mol. The molecular weight excluding hydrogens is 246 g/mol. The number of pyridine rings is 1. The molecule has 1 aromatic heterocycles. The van der Waals surface area contributed by atoms with Gasteiger partial charge in [0, 0.05) is 18.3 Å². The molecule has 104 valence electrons. The van der Waals surface area contributed by atoms with Gasteiger partial charge >= 0.3 is 5.97 Å². The van der Waals surface area contributed by atoms with Crippen LogP contribution in [0.3, 0.4) is 0 Å². The highest BCUT2D eigenvalue weighted by atomic mass is 16.4. The van der Waals surface area contributed by atoms with Crippen LogP contribution in [0.4, 0.5) is 0 Å². The number of carboxylic acids is 1. The Kier molecular flexibility index (Phi) is 5.00. The number of hydrogen-bond acceptors (Lipinski definition) is 4. The average Bonchev–Trinajstić information content (AvgIpc) is 2.27. The van der Waals surface area contributed by atoms with E-state index in [2.05, 4.69) is 15.6 Å². The molecule has 0 unspecified atom stereocenters. The van der Waals surface area contributed by atoms with Gasteiger partial charge < -0.3 is 15.7 Å². The van der Waals surface area contributed by atoms with Gasteiger partial charge in [0.2, 0.25) is 5.91 Å². The van der Waals surface area contributed by atoms with E-state index in [1.807, 2.05) is 20.8 Å².